The van der Waals surface area contributed by atoms with Crippen LogP contribution in [-0.2, 0) is 14.8 Å². The molecule has 0 unspecified atom stereocenters. The van der Waals surface area contributed by atoms with E-state index < -0.39 is 22.6 Å². The van der Waals surface area contributed by atoms with Crippen LogP contribution in [0.2, 0.25) is 0 Å². The van der Waals surface area contributed by atoms with Gasteiger partial charge in [0.2, 0.25) is 10.0 Å². The highest BCUT2D eigenvalue weighted by Crippen LogP contribution is 2.21. The molecule has 0 aliphatic rings. The number of carboxylic acids is 1. The van der Waals surface area contributed by atoms with Crippen LogP contribution < -0.4 is 4.74 Å². The average molecular weight is 317 g/mol. The van der Waals surface area contributed by atoms with Crippen molar-refractivity contribution in [2.24, 2.45) is 0 Å². The lowest BCUT2D eigenvalue weighted by Gasteiger charge is -2.25. The number of rotatable bonds is 8. The molecule has 1 aromatic rings. The molecule has 0 saturated carbocycles. The second-order valence-corrected chi connectivity index (χ2v) is 6.48. The average Bonchev–Trinajstić information content (AvgIpc) is 2.42. The summed E-state index contributed by atoms with van der Waals surface area (Å²) in [5.41, 5.74) is 0. The molecule has 8 heteroatoms. The Balaban J connectivity index is 2.95. The van der Waals surface area contributed by atoms with Crippen molar-refractivity contribution in [2.75, 3.05) is 19.8 Å². The van der Waals surface area contributed by atoms with Gasteiger partial charge < -0.3 is 14.9 Å². The summed E-state index contributed by atoms with van der Waals surface area (Å²) in [5, 5.41) is 17.5. The number of sulfonamides is 1. The minimum atomic E-state index is -3.71. The topological polar surface area (TPSA) is 104 Å². The maximum atomic E-state index is 12.4. The van der Waals surface area contributed by atoms with E-state index in [-0.39, 0.29) is 29.8 Å². The molecular formula is C13H19NO6S. The molecule has 118 valence electrons. The summed E-state index contributed by atoms with van der Waals surface area (Å²) < 4.78 is 31.0. The summed E-state index contributed by atoms with van der Waals surface area (Å²) >= 11 is 0. The third kappa shape index (κ3) is 4.69. The van der Waals surface area contributed by atoms with Gasteiger partial charge in [-0.05, 0) is 38.1 Å². The Morgan fingerprint density at radius 2 is 1.86 bits per heavy atom. The van der Waals surface area contributed by atoms with Crippen LogP contribution in [0.3, 0.4) is 0 Å². The zero-order valence-electron chi connectivity index (χ0n) is 11.9. The fraction of sp³-hybridized carbons (Fsp3) is 0.462. The summed E-state index contributed by atoms with van der Waals surface area (Å²) in [4.78, 5) is 10.4. The molecule has 7 nitrogen and oxygen atoms in total. The predicted molar refractivity (Wildman–Crippen MR) is 75.7 cm³/mol. The number of hydrogen-bond acceptors (Lipinski definition) is 5. The van der Waals surface area contributed by atoms with E-state index in [9.17, 15) is 13.2 Å². The number of carbonyl (C=O) groups is 1. The maximum Gasteiger partial charge on any atom is 0.341 e. The van der Waals surface area contributed by atoms with Gasteiger partial charge in [0.1, 0.15) is 5.75 Å². The first-order chi connectivity index (χ1) is 9.78. The summed E-state index contributed by atoms with van der Waals surface area (Å²) in [6.07, 6.45) is 0. The summed E-state index contributed by atoms with van der Waals surface area (Å²) in [5.74, 6) is -0.838. The van der Waals surface area contributed by atoms with Gasteiger partial charge in [-0.25, -0.2) is 13.2 Å². The fourth-order valence-electron chi connectivity index (χ4n) is 1.74. The highest BCUT2D eigenvalue weighted by atomic mass is 32.2. The van der Waals surface area contributed by atoms with Crippen LogP contribution in [-0.4, -0.2) is 54.7 Å². The van der Waals surface area contributed by atoms with Gasteiger partial charge in [-0.3, -0.25) is 0 Å². The van der Waals surface area contributed by atoms with Crippen molar-refractivity contribution in [3.05, 3.63) is 24.3 Å². The van der Waals surface area contributed by atoms with Crippen molar-refractivity contribution in [1.82, 2.24) is 4.31 Å². The van der Waals surface area contributed by atoms with Gasteiger partial charge in [-0.1, -0.05) is 0 Å². The quantitative estimate of drug-likeness (QED) is 0.725. The van der Waals surface area contributed by atoms with E-state index in [1.54, 1.807) is 13.8 Å². The Morgan fingerprint density at radius 3 is 2.29 bits per heavy atom. The number of benzene rings is 1. The lowest BCUT2D eigenvalue weighted by molar-refractivity contribution is -0.139. The van der Waals surface area contributed by atoms with Gasteiger partial charge in [0.15, 0.2) is 6.61 Å². The third-order valence-corrected chi connectivity index (χ3v) is 4.78. The first-order valence-electron chi connectivity index (χ1n) is 6.36. The van der Waals surface area contributed by atoms with E-state index >= 15 is 0 Å². The van der Waals surface area contributed by atoms with Gasteiger partial charge in [0, 0.05) is 12.6 Å². The molecule has 0 aliphatic carbocycles. The van der Waals surface area contributed by atoms with E-state index in [1.807, 2.05) is 0 Å². The van der Waals surface area contributed by atoms with Crippen LogP contribution in [0.1, 0.15) is 13.8 Å². The minimum Gasteiger partial charge on any atom is -0.482 e. The van der Waals surface area contributed by atoms with Crippen molar-refractivity contribution in [1.29, 1.82) is 0 Å². The Kier molecular flexibility index (Phi) is 6.13. The SMILES string of the molecule is CC(C)N(CCO)S(=O)(=O)c1ccc(OCC(=O)O)cc1. The summed E-state index contributed by atoms with van der Waals surface area (Å²) in [6, 6.07) is 5.20. The van der Waals surface area contributed by atoms with Gasteiger partial charge >= 0.3 is 5.97 Å². The van der Waals surface area contributed by atoms with Crippen molar-refractivity contribution in [3.63, 3.8) is 0 Å². The minimum absolute atomic E-state index is 0.0112. The molecule has 21 heavy (non-hydrogen) atoms. The maximum absolute atomic E-state index is 12.4. The first-order valence-corrected chi connectivity index (χ1v) is 7.80. The van der Waals surface area contributed by atoms with Gasteiger partial charge in [0.05, 0.1) is 11.5 Å². The number of aliphatic hydroxyl groups excluding tert-OH is 1. The number of nitrogens with zero attached hydrogens (tertiary/aromatic N) is 1. The van der Waals surface area contributed by atoms with Gasteiger partial charge in [-0.2, -0.15) is 4.31 Å². The number of carboxylic acid groups (broad SMARTS) is 1. The number of aliphatic hydroxyl groups is 1. The van der Waals surface area contributed by atoms with Crippen molar-refractivity contribution >= 4 is 16.0 Å². The molecule has 0 amide bonds. The molecule has 0 fully saturated rings. The predicted octanol–water partition coefficient (Wildman–Crippen LogP) is 0.541. The van der Waals surface area contributed by atoms with Crippen molar-refractivity contribution in [2.45, 2.75) is 24.8 Å². The van der Waals surface area contributed by atoms with Gasteiger partial charge in [0.25, 0.3) is 0 Å². The number of hydrogen-bond donors (Lipinski definition) is 2. The van der Waals surface area contributed by atoms with E-state index in [1.165, 1.54) is 28.6 Å². The van der Waals surface area contributed by atoms with Crippen LogP contribution in [0.5, 0.6) is 5.75 Å². The first kappa shape index (κ1) is 17.4. The molecule has 0 spiro atoms. The van der Waals surface area contributed by atoms with Crippen LogP contribution >= 0.6 is 0 Å². The molecule has 1 rings (SSSR count). The van der Waals surface area contributed by atoms with Crippen molar-refractivity contribution < 1.29 is 28.2 Å². The Bertz CT molecular complexity index is 567. The van der Waals surface area contributed by atoms with E-state index in [2.05, 4.69) is 0 Å². The molecule has 0 bridgehead atoms. The summed E-state index contributed by atoms with van der Waals surface area (Å²) in [6.45, 7) is 2.69. The standard InChI is InChI=1S/C13H19NO6S/c1-10(2)14(7-8-15)21(18,19)12-5-3-11(4-6-12)20-9-13(16)17/h3-6,10,15H,7-9H2,1-2H3,(H,16,17). The van der Waals surface area contributed by atoms with Crippen molar-refractivity contribution in [3.8, 4) is 5.75 Å². The normalized spacial score (nSPS) is 11.9. The lowest BCUT2D eigenvalue weighted by atomic mass is 10.3. The molecule has 0 heterocycles. The lowest BCUT2D eigenvalue weighted by Crippen LogP contribution is -2.38. The smallest absolute Gasteiger partial charge is 0.341 e. The molecule has 2 N–H and O–H groups in total. The molecule has 0 aliphatic heterocycles. The highest BCUT2D eigenvalue weighted by molar-refractivity contribution is 7.89. The highest BCUT2D eigenvalue weighted by Gasteiger charge is 2.26. The van der Waals surface area contributed by atoms with Crippen LogP contribution in [0, 0.1) is 0 Å². The number of aliphatic carboxylic acids is 1. The zero-order chi connectivity index (χ0) is 16.0. The van der Waals surface area contributed by atoms with Crippen LogP contribution in [0.25, 0.3) is 0 Å². The zero-order valence-corrected chi connectivity index (χ0v) is 12.7. The molecule has 0 radical (unpaired) electrons. The Hall–Kier alpha value is -1.64. The van der Waals surface area contributed by atoms with E-state index in [0.29, 0.717) is 0 Å². The second kappa shape index (κ2) is 7.39. The van der Waals surface area contributed by atoms with Crippen LogP contribution in [0.4, 0.5) is 0 Å². The monoisotopic (exact) mass is 317 g/mol. The Labute approximate surface area is 123 Å². The third-order valence-electron chi connectivity index (χ3n) is 2.69. The van der Waals surface area contributed by atoms with E-state index in [0.717, 1.165) is 0 Å². The molecular weight excluding hydrogens is 298 g/mol. The molecule has 0 aromatic heterocycles. The largest absolute Gasteiger partial charge is 0.482 e. The Morgan fingerprint density at radius 1 is 1.29 bits per heavy atom. The number of ether oxygens (including phenoxy) is 1. The molecule has 0 saturated heterocycles. The second-order valence-electron chi connectivity index (χ2n) is 4.59. The fourth-order valence-corrected chi connectivity index (χ4v) is 3.37. The van der Waals surface area contributed by atoms with Gasteiger partial charge in [-0.15, -0.1) is 0 Å². The molecule has 1 aromatic carbocycles. The summed E-state index contributed by atoms with van der Waals surface area (Å²) in [7, 11) is -3.71. The molecule has 0 atom stereocenters. The van der Waals surface area contributed by atoms with E-state index in [4.69, 9.17) is 14.9 Å². The van der Waals surface area contributed by atoms with Crippen LogP contribution in [0.15, 0.2) is 29.2 Å².